The van der Waals surface area contributed by atoms with Gasteiger partial charge in [-0.1, -0.05) is 42.5 Å². The van der Waals surface area contributed by atoms with Crippen LogP contribution in [0.4, 0.5) is 0 Å². The fourth-order valence-corrected chi connectivity index (χ4v) is 3.28. The summed E-state index contributed by atoms with van der Waals surface area (Å²) in [7, 11) is 4.12. The minimum atomic E-state index is -0.119. The molecule has 0 aliphatic carbocycles. The summed E-state index contributed by atoms with van der Waals surface area (Å²) in [6.45, 7) is 0.923. The van der Waals surface area contributed by atoms with Crippen LogP contribution in [0.1, 0.15) is 18.2 Å². The van der Waals surface area contributed by atoms with Gasteiger partial charge in [0.2, 0.25) is 0 Å². The van der Waals surface area contributed by atoms with Gasteiger partial charge in [-0.15, -0.1) is 0 Å². The Bertz CT molecular complexity index is 1020. The highest BCUT2D eigenvalue weighted by atomic mass is 16.3. The van der Waals surface area contributed by atoms with Gasteiger partial charge in [0.25, 0.3) is 0 Å². The number of pyridine rings is 1. The van der Waals surface area contributed by atoms with Gasteiger partial charge >= 0.3 is 0 Å². The van der Waals surface area contributed by atoms with Gasteiger partial charge in [-0.25, -0.2) is 4.98 Å². The van der Waals surface area contributed by atoms with E-state index in [1.165, 1.54) is 0 Å². The van der Waals surface area contributed by atoms with Gasteiger partial charge in [-0.3, -0.25) is 0 Å². The molecule has 0 fully saturated rings. The van der Waals surface area contributed by atoms with Crippen LogP contribution >= 0.6 is 0 Å². The molecule has 2 aromatic carbocycles. The summed E-state index contributed by atoms with van der Waals surface area (Å²) < 4.78 is 6.02. The molecule has 1 unspecified atom stereocenters. The Hall–Kier alpha value is -2.69. The Morgan fingerprint density at radius 2 is 1.73 bits per heavy atom. The number of hydrogen-bond acceptors (Lipinski definition) is 4. The number of nitrogens with two attached hydrogens (primary N) is 1. The first-order chi connectivity index (χ1) is 12.6. The van der Waals surface area contributed by atoms with Crippen molar-refractivity contribution in [2.24, 2.45) is 5.73 Å². The van der Waals surface area contributed by atoms with Gasteiger partial charge in [-0.05, 0) is 50.6 Å². The fraction of sp³-hybridized carbons (Fsp3) is 0.227. The number of aromatic nitrogens is 1. The van der Waals surface area contributed by atoms with Crippen LogP contribution in [-0.2, 0) is 0 Å². The van der Waals surface area contributed by atoms with E-state index in [4.69, 9.17) is 15.1 Å². The van der Waals surface area contributed by atoms with Crippen LogP contribution in [0.5, 0.6) is 0 Å². The summed E-state index contributed by atoms with van der Waals surface area (Å²) in [4.78, 5) is 7.05. The van der Waals surface area contributed by atoms with Crippen LogP contribution in [0.2, 0.25) is 0 Å². The van der Waals surface area contributed by atoms with E-state index < -0.39 is 0 Å². The second kappa shape index (κ2) is 6.90. The van der Waals surface area contributed by atoms with E-state index in [1.54, 1.807) is 0 Å². The lowest BCUT2D eigenvalue weighted by molar-refractivity contribution is 0.381. The number of para-hydroxylation sites is 1. The molecule has 2 aromatic heterocycles. The lowest BCUT2D eigenvalue weighted by Gasteiger charge is -2.17. The van der Waals surface area contributed by atoms with Crippen LogP contribution in [0.25, 0.3) is 33.2 Å². The Balaban J connectivity index is 1.82. The number of benzene rings is 2. The first-order valence-electron chi connectivity index (χ1n) is 8.91. The highest BCUT2D eigenvalue weighted by molar-refractivity contribution is 5.89. The second-order valence-corrected chi connectivity index (χ2v) is 6.96. The normalized spacial score (nSPS) is 12.9. The molecule has 4 rings (SSSR count). The summed E-state index contributed by atoms with van der Waals surface area (Å²) in [5, 5.41) is 3.32. The van der Waals surface area contributed by atoms with Gasteiger partial charge in [0, 0.05) is 16.8 Å². The molecule has 4 heteroatoms. The number of furan rings is 1. The standard InChI is InChI=1S/C22H23N3O/c1-25(2)12-11-18(23)22-17-9-5-3-7-15(17)13-19(24-22)21-14-16-8-4-6-10-20(16)26-21/h3-10,13-14,18H,11-12,23H2,1-2H3. The molecular formula is C22H23N3O. The summed E-state index contributed by atoms with van der Waals surface area (Å²) in [6, 6.07) is 20.3. The van der Waals surface area contributed by atoms with E-state index in [2.05, 4.69) is 37.2 Å². The van der Waals surface area contributed by atoms with Crippen LogP contribution in [0.3, 0.4) is 0 Å². The Morgan fingerprint density at radius 3 is 2.50 bits per heavy atom. The van der Waals surface area contributed by atoms with Crippen molar-refractivity contribution in [3.8, 4) is 11.5 Å². The van der Waals surface area contributed by atoms with Crippen LogP contribution in [-0.4, -0.2) is 30.5 Å². The molecule has 0 saturated heterocycles. The third kappa shape index (κ3) is 3.21. The molecule has 0 bridgehead atoms. The lowest BCUT2D eigenvalue weighted by atomic mass is 10.0. The topological polar surface area (TPSA) is 55.3 Å². The maximum Gasteiger partial charge on any atom is 0.153 e. The summed E-state index contributed by atoms with van der Waals surface area (Å²) in [5.41, 5.74) is 9.14. The van der Waals surface area contributed by atoms with Gasteiger partial charge < -0.3 is 15.1 Å². The Kier molecular flexibility index (Phi) is 4.45. The van der Waals surface area contributed by atoms with E-state index in [1.807, 2.05) is 42.5 Å². The molecule has 0 aliphatic rings. The van der Waals surface area contributed by atoms with E-state index in [-0.39, 0.29) is 6.04 Å². The van der Waals surface area contributed by atoms with Crippen LogP contribution in [0.15, 0.2) is 65.1 Å². The number of fused-ring (bicyclic) bond motifs is 2. The van der Waals surface area contributed by atoms with Crippen molar-refractivity contribution in [3.63, 3.8) is 0 Å². The molecule has 26 heavy (non-hydrogen) atoms. The average molecular weight is 345 g/mol. The first-order valence-corrected chi connectivity index (χ1v) is 8.91. The Labute approximate surface area is 153 Å². The molecule has 2 N–H and O–H groups in total. The second-order valence-electron chi connectivity index (χ2n) is 6.96. The molecule has 4 nitrogen and oxygen atoms in total. The maximum atomic E-state index is 6.51. The van der Waals surface area contributed by atoms with Crippen molar-refractivity contribution in [2.45, 2.75) is 12.5 Å². The van der Waals surface area contributed by atoms with Gasteiger partial charge in [-0.2, -0.15) is 0 Å². The third-order valence-corrected chi connectivity index (χ3v) is 4.69. The molecule has 0 amide bonds. The molecule has 2 heterocycles. The van der Waals surface area contributed by atoms with E-state index in [0.717, 1.165) is 51.9 Å². The van der Waals surface area contributed by atoms with Crippen molar-refractivity contribution in [3.05, 3.63) is 66.4 Å². The predicted molar refractivity (Wildman–Crippen MR) is 107 cm³/mol. The lowest BCUT2D eigenvalue weighted by Crippen LogP contribution is -2.21. The summed E-state index contributed by atoms with van der Waals surface area (Å²) in [6.07, 6.45) is 0.855. The summed E-state index contributed by atoms with van der Waals surface area (Å²) in [5.74, 6) is 0.776. The van der Waals surface area contributed by atoms with Crippen molar-refractivity contribution in [1.82, 2.24) is 9.88 Å². The monoisotopic (exact) mass is 345 g/mol. The maximum absolute atomic E-state index is 6.51. The zero-order chi connectivity index (χ0) is 18.1. The quantitative estimate of drug-likeness (QED) is 0.574. The van der Waals surface area contributed by atoms with Crippen LogP contribution < -0.4 is 5.73 Å². The largest absolute Gasteiger partial charge is 0.454 e. The highest BCUT2D eigenvalue weighted by Gasteiger charge is 2.16. The van der Waals surface area contributed by atoms with Gasteiger partial charge in [0.1, 0.15) is 11.3 Å². The zero-order valence-electron chi connectivity index (χ0n) is 15.1. The molecule has 0 saturated carbocycles. The highest BCUT2D eigenvalue weighted by Crippen LogP contribution is 2.31. The van der Waals surface area contributed by atoms with Gasteiger partial charge in [0.15, 0.2) is 5.76 Å². The number of rotatable bonds is 5. The van der Waals surface area contributed by atoms with E-state index in [9.17, 15) is 0 Å². The minimum Gasteiger partial charge on any atom is -0.454 e. The average Bonchev–Trinajstić information content (AvgIpc) is 3.09. The Morgan fingerprint density at radius 1 is 1.00 bits per heavy atom. The molecule has 0 aliphatic heterocycles. The molecule has 1 atom stereocenters. The third-order valence-electron chi connectivity index (χ3n) is 4.69. The van der Waals surface area contributed by atoms with Crippen molar-refractivity contribution in [1.29, 1.82) is 0 Å². The smallest absolute Gasteiger partial charge is 0.153 e. The van der Waals surface area contributed by atoms with E-state index >= 15 is 0 Å². The molecule has 132 valence electrons. The van der Waals surface area contributed by atoms with Crippen molar-refractivity contribution in [2.75, 3.05) is 20.6 Å². The minimum absolute atomic E-state index is 0.119. The summed E-state index contributed by atoms with van der Waals surface area (Å²) >= 11 is 0. The van der Waals surface area contributed by atoms with Crippen molar-refractivity contribution < 1.29 is 4.42 Å². The zero-order valence-corrected chi connectivity index (χ0v) is 15.1. The number of nitrogens with zero attached hydrogens (tertiary/aromatic N) is 2. The molecule has 0 spiro atoms. The molecule has 4 aromatic rings. The predicted octanol–water partition coefficient (Wildman–Crippen LogP) is 4.60. The van der Waals surface area contributed by atoms with Crippen molar-refractivity contribution >= 4 is 21.7 Å². The van der Waals surface area contributed by atoms with Gasteiger partial charge in [0.05, 0.1) is 5.69 Å². The number of hydrogen-bond donors (Lipinski definition) is 1. The molecule has 0 radical (unpaired) electrons. The van der Waals surface area contributed by atoms with Crippen LogP contribution in [0, 0.1) is 0 Å². The van der Waals surface area contributed by atoms with E-state index in [0.29, 0.717) is 0 Å². The SMILES string of the molecule is CN(C)CCC(N)c1nc(-c2cc3ccccc3o2)cc2ccccc12. The fourth-order valence-electron chi connectivity index (χ4n) is 3.28. The first kappa shape index (κ1) is 16.8. The molecular weight excluding hydrogens is 322 g/mol.